The summed E-state index contributed by atoms with van der Waals surface area (Å²) in [6.07, 6.45) is 16.1. The Morgan fingerprint density at radius 1 is 0.929 bits per heavy atom. The molecule has 2 fully saturated rings. The Kier molecular flexibility index (Phi) is 2.39. The van der Waals surface area contributed by atoms with E-state index in [9.17, 15) is 0 Å². The standard InChI is InChI=1S/C14H22/c1-2-6-11-7-4-5-9-13-12(8-3-1)10-14(11)13/h8,11,13-14H,1-7,9-10H2. The molecule has 3 atom stereocenters. The fourth-order valence-corrected chi connectivity index (χ4v) is 3.99. The first-order valence-corrected chi connectivity index (χ1v) is 6.64. The lowest BCUT2D eigenvalue weighted by molar-refractivity contribution is 0.171. The molecule has 0 N–H and O–H groups in total. The monoisotopic (exact) mass is 190 g/mol. The first-order chi connectivity index (χ1) is 6.95. The van der Waals surface area contributed by atoms with Gasteiger partial charge >= 0.3 is 0 Å². The number of fused-ring (bicyclic) bond motifs is 2. The Morgan fingerprint density at radius 3 is 2.64 bits per heavy atom. The number of hydrogen-bond acceptors (Lipinski definition) is 0. The number of allylic oxidation sites excluding steroid dienone is 2. The summed E-state index contributed by atoms with van der Waals surface area (Å²) < 4.78 is 0. The van der Waals surface area contributed by atoms with E-state index in [0.717, 1.165) is 17.8 Å². The van der Waals surface area contributed by atoms with Gasteiger partial charge in [0.15, 0.2) is 0 Å². The largest absolute Gasteiger partial charge is 0.0850 e. The Morgan fingerprint density at radius 2 is 1.71 bits per heavy atom. The minimum atomic E-state index is 1.04. The third-order valence-corrected chi connectivity index (χ3v) is 4.85. The molecule has 3 aliphatic carbocycles. The molecule has 0 radical (unpaired) electrons. The molecule has 0 saturated heterocycles. The van der Waals surface area contributed by atoms with Gasteiger partial charge in [0, 0.05) is 0 Å². The summed E-state index contributed by atoms with van der Waals surface area (Å²) in [5, 5.41) is 0. The summed E-state index contributed by atoms with van der Waals surface area (Å²) in [5.74, 6) is 3.26. The van der Waals surface area contributed by atoms with Gasteiger partial charge in [0.1, 0.15) is 0 Å². The van der Waals surface area contributed by atoms with Gasteiger partial charge in [-0.15, -0.1) is 0 Å². The molecule has 0 aromatic carbocycles. The molecule has 0 spiro atoms. The third-order valence-electron chi connectivity index (χ3n) is 4.85. The van der Waals surface area contributed by atoms with Crippen LogP contribution in [0.25, 0.3) is 0 Å². The van der Waals surface area contributed by atoms with Crippen molar-refractivity contribution in [2.24, 2.45) is 17.8 Å². The normalized spacial score (nSPS) is 42.3. The van der Waals surface area contributed by atoms with E-state index in [1.54, 1.807) is 12.8 Å². The maximum atomic E-state index is 2.59. The van der Waals surface area contributed by atoms with E-state index in [4.69, 9.17) is 0 Å². The summed E-state index contributed by atoms with van der Waals surface area (Å²) in [7, 11) is 0. The lowest BCUT2D eigenvalue weighted by atomic mass is 9.62. The van der Waals surface area contributed by atoms with Gasteiger partial charge in [0.05, 0.1) is 0 Å². The Bertz CT molecular complexity index is 238. The van der Waals surface area contributed by atoms with Gasteiger partial charge in [0.2, 0.25) is 0 Å². The van der Waals surface area contributed by atoms with Crippen molar-refractivity contribution in [3.63, 3.8) is 0 Å². The first kappa shape index (κ1) is 9.00. The van der Waals surface area contributed by atoms with Crippen LogP contribution in [0.3, 0.4) is 0 Å². The average molecular weight is 190 g/mol. The Labute approximate surface area is 87.8 Å². The molecule has 2 saturated carbocycles. The zero-order valence-electron chi connectivity index (χ0n) is 9.17. The molecule has 0 amide bonds. The maximum absolute atomic E-state index is 2.59. The Hall–Kier alpha value is -0.260. The quantitative estimate of drug-likeness (QED) is 0.499. The van der Waals surface area contributed by atoms with E-state index in [2.05, 4.69) is 6.08 Å². The Balaban J connectivity index is 1.83. The van der Waals surface area contributed by atoms with Crippen LogP contribution >= 0.6 is 0 Å². The van der Waals surface area contributed by atoms with Crippen LogP contribution in [-0.2, 0) is 0 Å². The van der Waals surface area contributed by atoms with Crippen LogP contribution in [0.5, 0.6) is 0 Å². The highest BCUT2D eigenvalue weighted by molar-refractivity contribution is 5.20. The van der Waals surface area contributed by atoms with Crippen molar-refractivity contribution >= 4 is 0 Å². The van der Waals surface area contributed by atoms with Gasteiger partial charge in [-0.25, -0.2) is 0 Å². The molecule has 0 heteroatoms. The van der Waals surface area contributed by atoms with Crippen molar-refractivity contribution in [2.45, 2.75) is 57.8 Å². The van der Waals surface area contributed by atoms with Gasteiger partial charge in [0.25, 0.3) is 0 Å². The van der Waals surface area contributed by atoms with Crippen LogP contribution in [0.2, 0.25) is 0 Å². The molecular formula is C14H22. The minimum absolute atomic E-state index is 1.04. The van der Waals surface area contributed by atoms with Crippen LogP contribution < -0.4 is 0 Å². The first-order valence-electron chi connectivity index (χ1n) is 6.64. The van der Waals surface area contributed by atoms with E-state index in [1.165, 1.54) is 44.9 Å². The van der Waals surface area contributed by atoms with Crippen molar-refractivity contribution in [1.29, 1.82) is 0 Å². The number of hydrogen-bond donors (Lipinski definition) is 0. The maximum Gasteiger partial charge on any atom is -0.0169 e. The second-order valence-corrected chi connectivity index (χ2v) is 5.58. The highest BCUT2D eigenvalue weighted by Crippen LogP contribution is 2.52. The lowest BCUT2D eigenvalue weighted by Crippen LogP contribution is -2.33. The minimum Gasteiger partial charge on any atom is -0.0850 e. The molecule has 0 nitrogen and oxygen atoms in total. The van der Waals surface area contributed by atoms with Crippen molar-refractivity contribution in [1.82, 2.24) is 0 Å². The van der Waals surface area contributed by atoms with Crippen LogP contribution in [0, 0.1) is 17.8 Å². The SMILES string of the molecule is C1=C2CC3C(CCCC1)CCCCC23. The second kappa shape index (κ2) is 3.72. The molecule has 0 aromatic rings. The highest BCUT2D eigenvalue weighted by atomic mass is 14.5. The van der Waals surface area contributed by atoms with Gasteiger partial charge in [-0.3, -0.25) is 0 Å². The molecular weight excluding hydrogens is 168 g/mol. The summed E-state index contributed by atoms with van der Waals surface area (Å²) in [5.41, 5.74) is 1.85. The van der Waals surface area contributed by atoms with Gasteiger partial charge < -0.3 is 0 Å². The lowest BCUT2D eigenvalue weighted by Gasteiger charge is -2.43. The molecule has 78 valence electrons. The van der Waals surface area contributed by atoms with Gasteiger partial charge in [-0.1, -0.05) is 43.8 Å². The van der Waals surface area contributed by atoms with Crippen LogP contribution in [0.1, 0.15) is 57.8 Å². The summed E-state index contributed by atoms with van der Waals surface area (Å²) in [6.45, 7) is 0. The van der Waals surface area contributed by atoms with E-state index >= 15 is 0 Å². The highest BCUT2D eigenvalue weighted by Gasteiger charge is 2.41. The molecule has 2 bridgehead atoms. The van der Waals surface area contributed by atoms with Crippen LogP contribution in [0.4, 0.5) is 0 Å². The number of rotatable bonds is 0. The summed E-state index contributed by atoms with van der Waals surface area (Å²) in [6, 6.07) is 0. The van der Waals surface area contributed by atoms with E-state index < -0.39 is 0 Å². The fourth-order valence-electron chi connectivity index (χ4n) is 3.99. The van der Waals surface area contributed by atoms with Gasteiger partial charge in [-0.05, 0) is 43.4 Å². The fraction of sp³-hybridized carbons (Fsp3) is 0.857. The van der Waals surface area contributed by atoms with Crippen molar-refractivity contribution in [3.8, 4) is 0 Å². The van der Waals surface area contributed by atoms with Crippen molar-refractivity contribution in [3.05, 3.63) is 11.6 Å². The molecule has 3 rings (SSSR count). The molecule has 14 heavy (non-hydrogen) atoms. The van der Waals surface area contributed by atoms with Crippen LogP contribution in [-0.4, -0.2) is 0 Å². The van der Waals surface area contributed by atoms with Crippen LogP contribution in [0.15, 0.2) is 11.6 Å². The van der Waals surface area contributed by atoms with E-state index in [1.807, 2.05) is 5.57 Å². The van der Waals surface area contributed by atoms with E-state index in [0.29, 0.717) is 0 Å². The molecule has 0 heterocycles. The zero-order valence-corrected chi connectivity index (χ0v) is 9.17. The van der Waals surface area contributed by atoms with Gasteiger partial charge in [-0.2, -0.15) is 0 Å². The molecule has 3 unspecified atom stereocenters. The summed E-state index contributed by atoms with van der Waals surface area (Å²) in [4.78, 5) is 0. The molecule has 0 aliphatic heterocycles. The smallest absolute Gasteiger partial charge is 0.0169 e. The van der Waals surface area contributed by atoms with Crippen molar-refractivity contribution < 1.29 is 0 Å². The second-order valence-electron chi connectivity index (χ2n) is 5.58. The topological polar surface area (TPSA) is 0 Å². The predicted molar refractivity (Wildman–Crippen MR) is 60.1 cm³/mol. The predicted octanol–water partition coefficient (Wildman–Crippen LogP) is 4.31. The average Bonchev–Trinajstić information content (AvgIpc) is 2.26. The molecule has 3 aliphatic rings. The third kappa shape index (κ3) is 1.43. The zero-order chi connectivity index (χ0) is 9.38. The van der Waals surface area contributed by atoms with Crippen molar-refractivity contribution in [2.75, 3.05) is 0 Å². The molecule has 0 aromatic heterocycles. The van der Waals surface area contributed by atoms with E-state index in [-0.39, 0.29) is 0 Å². The summed E-state index contributed by atoms with van der Waals surface area (Å²) >= 11 is 0.